The van der Waals surface area contributed by atoms with Gasteiger partial charge in [-0.2, -0.15) is 0 Å². The van der Waals surface area contributed by atoms with E-state index in [4.69, 9.17) is 0 Å². The van der Waals surface area contributed by atoms with Gasteiger partial charge in [0, 0.05) is 16.5 Å². The van der Waals surface area contributed by atoms with E-state index in [-0.39, 0.29) is 0 Å². The lowest BCUT2D eigenvalue weighted by atomic mass is 10.3. The van der Waals surface area contributed by atoms with Crippen LogP contribution < -0.4 is 0 Å². The van der Waals surface area contributed by atoms with Gasteiger partial charge in [-0.1, -0.05) is 0 Å². The molecule has 0 aliphatic rings. The molecule has 0 spiro atoms. The summed E-state index contributed by atoms with van der Waals surface area (Å²) >= 11 is 5.83. The van der Waals surface area contributed by atoms with Crippen LogP contribution in [0.15, 0.2) is 28.6 Å². The SMILES string of the molecule is Sc1cnc2sccc2c1. The summed E-state index contributed by atoms with van der Waals surface area (Å²) in [4.78, 5) is 6.19. The lowest BCUT2D eigenvalue weighted by molar-refractivity contribution is 1.33. The van der Waals surface area contributed by atoms with Gasteiger partial charge in [0.2, 0.25) is 0 Å². The zero-order valence-electron chi connectivity index (χ0n) is 5.11. The molecule has 0 saturated carbocycles. The lowest BCUT2D eigenvalue weighted by Gasteiger charge is -1.88. The first-order valence-corrected chi connectivity index (χ1v) is 4.21. The standard InChI is InChI=1S/C7H5NS2/c9-6-3-5-1-2-10-7(5)8-4-6/h1-4,9H. The maximum atomic E-state index is 4.18. The highest BCUT2D eigenvalue weighted by atomic mass is 32.1. The van der Waals surface area contributed by atoms with Crippen LogP contribution in [0, 0.1) is 0 Å². The number of hydrogen-bond acceptors (Lipinski definition) is 3. The fraction of sp³-hybridized carbons (Fsp3) is 0. The summed E-state index contributed by atoms with van der Waals surface area (Å²) in [7, 11) is 0. The predicted molar refractivity (Wildman–Crippen MR) is 46.9 cm³/mol. The summed E-state index contributed by atoms with van der Waals surface area (Å²) < 4.78 is 0. The van der Waals surface area contributed by atoms with Crippen molar-refractivity contribution >= 4 is 34.2 Å². The molecule has 0 radical (unpaired) electrons. The molecule has 0 fully saturated rings. The first-order chi connectivity index (χ1) is 4.86. The third kappa shape index (κ3) is 0.914. The molecule has 3 heteroatoms. The van der Waals surface area contributed by atoms with Crippen molar-refractivity contribution < 1.29 is 0 Å². The van der Waals surface area contributed by atoms with Gasteiger partial charge in [-0.15, -0.1) is 24.0 Å². The monoisotopic (exact) mass is 167 g/mol. The third-order valence-electron chi connectivity index (χ3n) is 1.29. The Bertz CT molecular complexity index is 353. The van der Waals surface area contributed by atoms with Crippen molar-refractivity contribution in [2.45, 2.75) is 4.90 Å². The predicted octanol–water partition coefficient (Wildman–Crippen LogP) is 2.59. The number of pyridine rings is 1. The van der Waals surface area contributed by atoms with Crippen molar-refractivity contribution in [3.05, 3.63) is 23.7 Å². The minimum absolute atomic E-state index is 0.922. The van der Waals surface area contributed by atoms with E-state index in [9.17, 15) is 0 Å². The average Bonchev–Trinajstić information content (AvgIpc) is 2.33. The van der Waals surface area contributed by atoms with Crippen LogP contribution in [0.25, 0.3) is 10.2 Å². The molecule has 0 amide bonds. The smallest absolute Gasteiger partial charge is 0.123 e. The summed E-state index contributed by atoms with van der Waals surface area (Å²) in [5.74, 6) is 0. The molecule has 0 aliphatic heterocycles. The van der Waals surface area contributed by atoms with Crippen LogP contribution >= 0.6 is 24.0 Å². The second-order valence-corrected chi connectivity index (χ2v) is 3.42. The second-order valence-electron chi connectivity index (χ2n) is 2.01. The fourth-order valence-corrected chi connectivity index (χ4v) is 1.76. The van der Waals surface area contributed by atoms with Crippen LogP contribution in [0.4, 0.5) is 0 Å². The van der Waals surface area contributed by atoms with Gasteiger partial charge >= 0.3 is 0 Å². The molecular formula is C7H5NS2. The van der Waals surface area contributed by atoms with E-state index in [0.717, 1.165) is 9.73 Å². The number of nitrogens with zero attached hydrogens (tertiary/aromatic N) is 1. The number of hydrogen-bond donors (Lipinski definition) is 1. The number of rotatable bonds is 0. The summed E-state index contributed by atoms with van der Waals surface area (Å²) in [5, 5.41) is 3.21. The molecule has 0 aromatic carbocycles. The average molecular weight is 167 g/mol. The Hall–Kier alpha value is -0.540. The van der Waals surface area contributed by atoms with E-state index in [2.05, 4.69) is 17.6 Å². The van der Waals surface area contributed by atoms with Crippen LogP contribution in [0.1, 0.15) is 0 Å². The third-order valence-corrected chi connectivity index (χ3v) is 2.37. The summed E-state index contributed by atoms with van der Waals surface area (Å²) in [6.45, 7) is 0. The Labute approximate surface area is 68.1 Å². The van der Waals surface area contributed by atoms with Gasteiger partial charge in [-0.05, 0) is 17.5 Å². The minimum Gasteiger partial charge on any atom is -0.244 e. The Kier molecular flexibility index (Phi) is 1.39. The molecule has 2 aromatic rings. The van der Waals surface area contributed by atoms with Crippen molar-refractivity contribution in [1.82, 2.24) is 4.98 Å². The maximum Gasteiger partial charge on any atom is 0.123 e. The van der Waals surface area contributed by atoms with Crippen molar-refractivity contribution in [2.24, 2.45) is 0 Å². The topological polar surface area (TPSA) is 12.9 Å². The van der Waals surface area contributed by atoms with E-state index in [0.29, 0.717) is 0 Å². The quantitative estimate of drug-likeness (QED) is 0.595. The van der Waals surface area contributed by atoms with Gasteiger partial charge in [0.15, 0.2) is 0 Å². The Morgan fingerprint density at radius 2 is 2.40 bits per heavy atom. The van der Waals surface area contributed by atoms with Gasteiger partial charge in [0.1, 0.15) is 4.83 Å². The van der Waals surface area contributed by atoms with Crippen molar-refractivity contribution in [1.29, 1.82) is 0 Å². The molecule has 0 unspecified atom stereocenters. The first-order valence-electron chi connectivity index (χ1n) is 2.88. The van der Waals surface area contributed by atoms with Crippen LogP contribution in [0.3, 0.4) is 0 Å². The zero-order valence-corrected chi connectivity index (χ0v) is 6.82. The van der Waals surface area contributed by atoms with Crippen molar-refractivity contribution in [2.75, 3.05) is 0 Å². The first kappa shape index (κ1) is 6.19. The van der Waals surface area contributed by atoms with E-state index in [1.165, 1.54) is 5.39 Å². The molecule has 0 aliphatic carbocycles. The van der Waals surface area contributed by atoms with Crippen LogP contribution in [-0.2, 0) is 0 Å². The van der Waals surface area contributed by atoms with E-state index in [1.807, 2.05) is 17.5 Å². The molecule has 2 heterocycles. The molecule has 1 nitrogen and oxygen atoms in total. The molecule has 0 atom stereocenters. The van der Waals surface area contributed by atoms with Gasteiger partial charge in [-0.25, -0.2) is 4.98 Å². The largest absolute Gasteiger partial charge is 0.244 e. The van der Waals surface area contributed by atoms with E-state index >= 15 is 0 Å². The highest BCUT2D eigenvalue weighted by Crippen LogP contribution is 2.19. The molecule has 2 aromatic heterocycles. The second kappa shape index (κ2) is 2.25. The highest BCUT2D eigenvalue weighted by Gasteiger charge is 1.93. The molecule has 0 bridgehead atoms. The lowest BCUT2D eigenvalue weighted by Crippen LogP contribution is -1.70. The Balaban J connectivity index is 2.86. The summed E-state index contributed by atoms with van der Waals surface area (Å²) in [6, 6.07) is 4.06. The summed E-state index contributed by atoms with van der Waals surface area (Å²) in [5.41, 5.74) is 0. The number of aromatic nitrogens is 1. The van der Waals surface area contributed by atoms with Gasteiger partial charge in [0.25, 0.3) is 0 Å². The molecule has 2 rings (SSSR count). The zero-order chi connectivity index (χ0) is 6.97. The number of thiophene rings is 1. The van der Waals surface area contributed by atoms with Crippen LogP contribution in [-0.4, -0.2) is 4.98 Å². The number of fused-ring (bicyclic) bond motifs is 1. The van der Waals surface area contributed by atoms with Crippen LogP contribution in [0.5, 0.6) is 0 Å². The molecule has 0 N–H and O–H groups in total. The van der Waals surface area contributed by atoms with Crippen molar-refractivity contribution in [3.8, 4) is 0 Å². The van der Waals surface area contributed by atoms with Crippen LogP contribution in [0.2, 0.25) is 0 Å². The van der Waals surface area contributed by atoms with E-state index < -0.39 is 0 Å². The molecule has 0 saturated heterocycles. The van der Waals surface area contributed by atoms with Gasteiger partial charge in [-0.3, -0.25) is 0 Å². The van der Waals surface area contributed by atoms with Gasteiger partial charge < -0.3 is 0 Å². The van der Waals surface area contributed by atoms with Gasteiger partial charge in [0.05, 0.1) is 0 Å². The highest BCUT2D eigenvalue weighted by molar-refractivity contribution is 7.80. The molecular weight excluding hydrogens is 162 g/mol. The van der Waals surface area contributed by atoms with Crippen molar-refractivity contribution in [3.63, 3.8) is 0 Å². The van der Waals surface area contributed by atoms with E-state index in [1.54, 1.807) is 17.5 Å². The summed E-state index contributed by atoms with van der Waals surface area (Å²) in [6.07, 6.45) is 1.77. The molecule has 10 heavy (non-hydrogen) atoms. The fourth-order valence-electron chi connectivity index (χ4n) is 0.847. The minimum atomic E-state index is 0.922. The maximum absolute atomic E-state index is 4.18. The Morgan fingerprint density at radius 1 is 1.50 bits per heavy atom. The normalized spacial score (nSPS) is 10.5. The Morgan fingerprint density at radius 3 is 3.30 bits per heavy atom. The molecule has 50 valence electrons. The number of thiol groups is 1.